The number of ether oxygens (including phenoxy) is 2. The van der Waals surface area contributed by atoms with E-state index in [0.29, 0.717) is 40.4 Å². The molecule has 0 saturated carbocycles. The summed E-state index contributed by atoms with van der Waals surface area (Å²) in [6.45, 7) is 6.47. The lowest BCUT2D eigenvalue weighted by Crippen LogP contribution is -2.23. The minimum atomic E-state index is -0.215. The number of methoxy groups -OCH3 is 1. The molecule has 3 aromatic rings. The lowest BCUT2D eigenvalue weighted by Gasteiger charge is -2.15. The van der Waals surface area contributed by atoms with Gasteiger partial charge in [-0.2, -0.15) is 9.78 Å². The highest BCUT2D eigenvalue weighted by molar-refractivity contribution is 9.10. The van der Waals surface area contributed by atoms with Gasteiger partial charge in [0.2, 0.25) is 0 Å². The van der Waals surface area contributed by atoms with Crippen LogP contribution in [0.5, 0.6) is 11.5 Å². The van der Waals surface area contributed by atoms with Gasteiger partial charge >= 0.3 is 0 Å². The third-order valence-electron chi connectivity index (χ3n) is 4.76. The van der Waals surface area contributed by atoms with Gasteiger partial charge in [-0.1, -0.05) is 45.7 Å². The summed E-state index contributed by atoms with van der Waals surface area (Å²) in [4.78, 5) is 18.0. The maximum atomic E-state index is 13.3. The fourth-order valence-electron chi connectivity index (χ4n) is 3.03. The molecule has 0 bridgehead atoms. The molecule has 6 nitrogen and oxygen atoms in total. The first-order valence-electron chi connectivity index (χ1n) is 9.66. The third-order valence-corrected chi connectivity index (χ3v) is 5.71. The van der Waals surface area contributed by atoms with Crippen molar-refractivity contribution in [3.05, 3.63) is 61.0 Å². The molecule has 0 radical (unpaired) electrons. The first-order chi connectivity index (χ1) is 14.4. The predicted molar refractivity (Wildman–Crippen MR) is 127 cm³/mol. The molecule has 0 aliphatic rings. The van der Waals surface area contributed by atoms with Crippen LogP contribution in [0.15, 0.2) is 49.2 Å². The molecule has 0 spiro atoms. The van der Waals surface area contributed by atoms with Gasteiger partial charge in [0, 0.05) is 20.4 Å². The van der Waals surface area contributed by atoms with Crippen molar-refractivity contribution in [1.29, 1.82) is 0 Å². The van der Waals surface area contributed by atoms with Gasteiger partial charge in [-0.3, -0.25) is 4.79 Å². The third kappa shape index (κ3) is 4.59. The Balaban J connectivity index is 2.22. The molecule has 0 fully saturated rings. The van der Waals surface area contributed by atoms with Crippen molar-refractivity contribution in [2.24, 2.45) is 5.10 Å². The van der Waals surface area contributed by atoms with Crippen LogP contribution < -0.4 is 15.0 Å². The highest BCUT2D eigenvalue weighted by atomic mass is 79.9. The Morgan fingerprint density at radius 2 is 1.97 bits per heavy atom. The maximum absolute atomic E-state index is 13.3. The van der Waals surface area contributed by atoms with Crippen LogP contribution in [0.1, 0.15) is 44.5 Å². The van der Waals surface area contributed by atoms with Crippen LogP contribution in [0, 0.1) is 0 Å². The second-order valence-corrected chi connectivity index (χ2v) is 8.59. The minimum Gasteiger partial charge on any atom is -0.493 e. The Morgan fingerprint density at radius 1 is 1.20 bits per heavy atom. The molecule has 0 amide bonds. The fraction of sp³-hybridized carbons (Fsp3) is 0.318. The van der Waals surface area contributed by atoms with E-state index in [1.807, 2.05) is 38.1 Å². The number of rotatable bonds is 7. The van der Waals surface area contributed by atoms with Crippen LogP contribution in [0.4, 0.5) is 0 Å². The average molecular weight is 537 g/mol. The zero-order chi connectivity index (χ0) is 21.8. The molecule has 158 valence electrons. The molecule has 0 saturated heterocycles. The molecule has 3 rings (SSSR count). The zero-order valence-electron chi connectivity index (χ0n) is 17.3. The highest BCUT2D eigenvalue weighted by Gasteiger charge is 2.16. The number of fused-ring (bicyclic) bond motifs is 1. The zero-order valence-corrected chi connectivity index (χ0v) is 20.4. The summed E-state index contributed by atoms with van der Waals surface area (Å²) in [7, 11) is 1.59. The predicted octanol–water partition coefficient (Wildman–Crippen LogP) is 5.72. The molecule has 1 heterocycles. The van der Waals surface area contributed by atoms with Crippen LogP contribution in [-0.2, 0) is 0 Å². The Hall–Kier alpha value is -2.19. The summed E-state index contributed by atoms with van der Waals surface area (Å²) in [5.74, 6) is 1.84. The van der Waals surface area contributed by atoms with E-state index in [-0.39, 0.29) is 11.5 Å². The number of benzene rings is 2. The molecular formula is C22H23Br2N3O3. The fourth-order valence-corrected chi connectivity index (χ4v) is 3.85. The molecule has 0 N–H and O–H groups in total. The summed E-state index contributed by atoms with van der Waals surface area (Å²) in [5.41, 5.74) is 1.14. The second kappa shape index (κ2) is 9.75. The second-order valence-electron chi connectivity index (χ2n) is 6.76. The van der Waals surface area contributed by atoms with Crippen molar-refractivity contribution >= 4 is 49.0 Å². The molecular weight excluding hydrogens is 514 g/mol. The topological polar surface area (TPSA) is 65.7 Å². The van der Waals surface area contributed by atoms with E-state index >= 15 is 0 Å². The molecule has 1 atom stereocenters. The van der Waals surface area contributed by atoms with E-state index in [9.17, 15) is 4.79 Å². The summed E-state index contributed by atoms with van der Waals surface area (Å²) < 4.78 is 14.2. The van der Waals surface area contributed by atoms with Crippen molar-refractivity contribution in [1.82, 2.24) is 9.66 Å². The van der Waals surface area contributed by atoms with Gasteiger partial charge in [0.25, 0.3) is 5.56 Å². The lowest BCUT2D eigenvalue weighted by atomic mass is 10.1. The SMILES string of the molecule is CCOc1c(C=Nn2c([C@@H](C)CC)nc3ccc(Br)cc3c2=O)cc(Br)cc1OC. The monoisotopic (exact) mass is 535 g/mol. The number of halogens is 2. The van der Waals surface area contributed by atoms with E-state index in [0.717, 1.165) is 15.4 Å². The van der Waals surface area contributed by atoms with Gasteiger partial charge in [0.15, 0.2) is 11.5 Å². The Kier molecular flexibility index (Phi) is 7.31. The average Bonchev–Trinajstić information content (AvgIpc) is 2.74. The molecule has 2 aromatic carbocycles. The number of aromatic nitrogens is 2. The van der Waals surface area contributed by atoms with Crippen LogP contribution in [0.2, 0.25) is 0 Å². The first-order valence-corrected chi connectivity index (χ1v) is 11.2. The summed E-state index contributed by atoms with van der Waals surface area (Å²) >= 11 is 6.91. The maximum Gasteiger partial charge on any atom is 0.282 e. The van der Waals surface area contributed by atoms with E-state index in [1.165, 1.54) is 4.68 Å². The van der Waals surface area contributed by atoms with Gasteiger partial charge in [-0.05, 0) is 43.7 Å². The van der Waals surface area contributed by atoms with Crippen molar-refractivity contribution < 1.29 is 9.47 Å². The Bertz CT molecular complexity index is 1160. The normalized spacial score (nSPS) is 12.5. The van der Waals surface area contributed by atoms with Gasteiger partial charge in [0.1, 0.15) is 5.82 Å². The van der Waals surface area contributed by atoms with E-state index in [4.69, 9.17) is 14.5 Å². The van der Waals surface area contributed by atoms with E-state index in [2.05, 4.69) is 43.9 Å². The summed E-state index contributed by atoms with van der Waals surface area (Å²) in [5, 5.41) is 5.03. The number of nitrogens with zero attached hydrogens (tertiary/aromatic N) is 3. The van der Waals surface area contributed by atoms with Gasteiger partial charge in [0.05, 0.1) is 30.8 Å². The first kappa shape index (κ1) is 22.5. The number of hydrogen-bond donors (Lipinski definition) is 0. The Morgan fingerprint density at radius 3 is 2.63 bits per heavy atom. The van der Waals surface area contributed by atoms with Crippen LogP contribution in [-0.4, -0.2) is 29.6 Å². The largest absolute Gasteiger partial charge is 0.493 e. The van der Waals surface area contributed by atoms with Crippen LogP contribution >= 0.6 is 31.9 Å². The molecule has 0 unspecified atom stereocenters. The molecule has 30 heavy (non-hydrogen) atoms. The number of hydrogen-bond acceptors (Lipinski definition) is 5. The quantitative estimate of drug-likeness (QED) is 0.362. The van der Waals surface area contributed by atoms with Gasteiger partial charge in [-0.25, -0.2) is 4.98 Å². The van der Waals surface area contributed by atoms with Crippen molar-refractivity contribution in [2.75, 3.05) is 13.7 Å². The Labute approximate surface area is 192 Å². The molecule has 8 heteroatoms. The summed E-state index contributed by atoms with van der Waals surface area (Å²) in [6, 6.07) is 9.19. The smallest absolute Gasteiger partial charge is 0.282 e. The van der Waals surface area contributed by atoms with Crippen LogP contribution in [0.3, 0.4) is 0 Å². The molecule has 0 aliphatic carbocycles. The highest BCUT2D eigenvalue weighted by Crippen LogP contribution is 2.34. The molecule has 0 aliphatic heterocycles. The lowest BCUT2D eigenvalue weighted by molar-refractivity contribution is 0.310. The minimum absolute atomic E-state index is 0.0614. The van der Waals surface area contributed by atoms with E-state index in [1.54, 1.807) is 19.4 Å². The van der Waals surface area contributed by atoms with Crippen molar-refractivity contribution in [3.8, 4) is 11.5 Å². The van der Waals surface area contributed by atoms with Gasteiger partial charge < -0.3 is 9.47 Å². The summed E-state index contributed by atoms with van der Waals surface area (Å²) in [6.07, 6.45) is 2.44. The van der Waals surface area contributed by atoms with E-state index < -0.39 is 0 Å². The standard InChI is InChI=1S/C22H23Br2N3O3/c1-5-13(3)21-26-18-8-7-15(23)10-17(18)22(28)27(21)25-12-14-9-16(24)11-19(29-4)20(14)30-6-2/h7-13H,5-6H2,1-4H3/t13-/m0/s1. The van der Waals surface area contributed by atoms with Crippen molar-refractivity contribution in [3.63, 3.8) is 0 Å². The van der Waals surface area contributed by atoms with Crippen LogP contribution in [0.25, 0.3) is 10.9 Å². The van der Waals surface area contributed by atoms with Crippen molar-refractivity contribution in [2.45, 2.75) is 33.1 Å². The molecule has 1 aromatic heterocycles. The van der Waals surface area contributed by atoms with Gasteiger partial charge in [-0.15, -0.1) is 0 Å².